The summed E-state index contributed by atoms with van der Waals surface area (Å²) in [6.45, 7) is 1.49. The monoisotopic (exact) mass is 400 g/mol. The van der Waals surface area contributed by atoms with Crippen LogP contribution in [0, 0.1) is 5.82 Å². The summed E-state index contributed by atoms with van der Waals surface area (Å²) in [4.78, 5) is 17.2. The van der Waals surface area contributed by atoms with E-state index in [0.29, 0.717) is 11.1 Å². The molecule has 5 nitrogen and oxygen atoms in total. The van der Waals surface area contributed by atoms with E-state index in [4.69, 9.17) is 11.6 Å². The third kappa shape index (κ3) is 3.34. The van der Waals surface area contributed by atoms with Crippen LogP contribution >= 0.6 is 11.6 Å². The van der Waals surface area contributed by atoms with Gasteiger partial charge in [0.15, 0.2) is 11.0 Å². The van der Waals surface area contributed by atoms with Crippen LogP contribution in [0.3, 0.4) is 0 Å². The van der Waals surface area contributed by atoms with Crippen molar-refractivity contribution in [2.45, 2.75) is 50.1 Å². The first-order chi connectivity index (χ1) is 13.6. The Labute approximate surface area is 168 Å². The number of piperazine rings is 1. The largest absolute Gasteiger partial charge is 0.351 e. The normalized spacial score (nSPS) is 23.9. The van der Waals surface area contributed by atoms with Gasteiger partial charge in [0.2, 0.25) is 5.91 Å². The fraction of sp³-hybridized carbons (Fsp3) is 0.476. The van der Waals surface area contributed by atoms with E-state index < -0.39 is 0 Å². The number of anilines is 1. The van der Waals surface area contributed by atoms with Crippen LogP contribution in [0.5, 0.6) is 0 Å². The van der Waals surface area contributed by atoms with Crippen molar-refractivity contribution < 1.29 is 9.18 Å². The third-order valence-corrected chi connectivity index (χ3v) is 6.35. The molecule has 1 amide bonds. The quantitative estimate of drug-likeness (QED) is 0.787. The molecule has 0 N–H and O–H groups in total. The highest BCUT2D eigenvalue weighted by Gasteiger charge is 2.42. The lowest BCUT2D eigenvalue weighted by atomic mass is 10.0. The van der Waals surface area contributed by atoms with Crippen LogP contribution in [-0.4, -0.2) is 46.2 Å². The summed E-state index contributed by atoms with van der Waals surface area (Å²) in [7, 11) is 0. The molecule has 146 valence electrons. The Bertz CT molecular complexity index is 888. The van der Waals surface area contributed by atoms with Gasteiger partial charge in [0, 0.05) is 25.2 Å². The topological polar surface area (TPSA) is 49.3 Å². The zero-order chi connectivity index (χ0) is 19.3. The first kappa shape index (κ1) is 17.9. The number of carbonyl (C=O) groups is 1. The number of hydrogen-bond acceptors (Lipinski definition) is 4. The van der Waals surface area contributed by atoms with Gasteiger partial charge in [-0.2, -0.15) is 0 Å². The molecule has 2 aromatic rings. The molecule has 2 bridgehead atoms. The van der Waals surface area contributed by atoms with Crippen LogP contribution < -0.4 is 4.90 Å². The van der Waals surface area contributed by atoms with Crippen LogP contribution in [0.25, 0.3) is 0 Å². The molecular weight excluding hydrogens is 379 g/mol. The van der Waals surface area contributed by atoms with E-state index in [9.17, 15) is 9.18 Å². The summed E-state index contributed by atoms with van der Waals surface area (Å²) in [5.41, 5.74) is 1.56. The molecular formula is C21H22ClFN4O. The predicted molar refractivity (Wildman–Crippen MR) is 105 cm³/mol. The Kier molecular flexibility index (Phi) is 4.46. The Morgan fingerprint density at radius 2 is 1.82 bits per heavy atom. The Morgan fingerprint density at radius 3 is 2.43 bits per heavy atom. The number of fused-ring (bicyclic) bond motifs is 2. The molecule has 0 radical (unpaired) electrons. The fourth-order valence-electron chi connectivity index (χ4n) is 4.65. The van der Waals surface area contributed by atoms with E-state index in [1.54, 1.807) is 12.1 Å². The highest BCUT2D eigenvalue weighted by molar-refractivity contribution is 6.29. The maximum Gasteiger partial charge on any atom is 0.227 e. The number of hydrogen-bond donors (Lipinski definition) is 0. The Morgan fingerprint density at radius 1 is 1.07 bits per heavy atom. The average Bonchev–Trinajstić information content (AvgIpc) is 3.47. The molecule has 2 atom stereocenters. The zero-order valence-corrected chi connectivity index (χ0v) is 16.3. The van der Waals surface area contributed by atoms with Crippen LogP contribution in [0.15, 0.2) is 30.3 Å². The second-order valence-electron chi connectivity index (χ2n) is 8.11. The van der Waals surface area contributed by atoms with E-state index in [1.165, 1.54) is 0 Å². The maximum atomic E-state index is 14.3. The maximum absolute atomic E-state index is 14.3. The summed E-state index contributed by atoms with van der Waals surface area (Å²) >= 11 is 5.83. The van der Waals surface area contributed by atoms with Gasteiger partial charge >= 0.3 is 0 Å². The van der Waals surface area contributed by atoms with Crippen molar-refractivity contribution in [2.24, 2.45) is 0 Å². The molecule has 3 heterocycles. The van der Waals surface area contributed by atoms with Gasteiger partial charge in [-0.25, -0.2) is 4.39 Å². The van der Waals surface area contributed by atoms with Gasteiger partial charge in [-0.1, -0.05) is 23.7 Å². The van der Waals surface area contributed by atoms with Gasteiger partial charge in [-0.3, -0.25) is 4.79 Å². The number of rotatable bonds is 4. The summed E-state index contributed by atoms with van der Waals surface area (Å²) < 4.78 is 14.3. The number of nitrogens with zero attached hydrogens (tertiary/aromatic N) is 4. The summed E-state index contributed by atoms with van der Waals surface area (Å²) in [5.74, 6) is 1.10. The minimum absolute atomic E-state index is 0.0907. The lowest BCUT2D eigenvalue weighted by molar-refractivity contribution is -0.133. The van der Waals surface area contributed by atoms with Gasteiger partial charge in [0.05, 0.1) is 6.42 Å². The molecule has 2 aliphatic heterocycles. The van der Waals surface area contributed by atoms with Gasteiger partial charge in [-0.05, 0) is 60.9 Å². The van der Waals surface area contributed by atoms with Gasteiger partial charge in [0.25, 0.3) is 0 Å². The Balaban J connectivity index is 1.27. The van der Waals surface area contributed by atoms with Crippen LogP contribution in [0.2, 0.25) is 5.15 Å². The molecule has 1 aliphatic carbocycles. The minimum Gasteiger partial charge on any atom is -0.351 e. The van der Waals surface area contributed by atoms with Crippen molar-refractivity contribution in [3.8, 4) is 0 Å². The van der Waals surface area contributed by atoms with Crippen LogP contribution in [-0.2, 0) is 11.2 Å². The van der Waals surface area contributed by atoms with E-state index in [0.717, 1.165) is 55.7 Å². The van der Waals surface area contributed by atoms with Crippen LogP contribution in [0.1, 0.15) is 42.7 Å². The molecule has 3 aliphatic rings. The van der Waals surface area contributed by atoms with E-state index in [2.05, 4.69) is 15.1 Å². The van der Waals surface area contributed by atoms with E-state index in [-0.39, 0.29) is 30.2 Å². The third-order valence-electron chi connectivity index (χ3n) is 6.15. The average molecular weight is 401 g/mol. The summed E-state index contributed by atoms with van der Waals surface area (Å²) in [6.07, 6.45) is 4.38. The molecule has 1 aromatic carbocycles. The van der Waals surface area contributed by atoms with Crippen molar-refractivity contribution in [3.05, 3.63) is 52.4 Å². The standard InChI is InChI=1S/C21H22ClFN4O/c22-19-7-8-20(25-24-19)26-11-15-4-5-16(12-26)27(15)21(28)10-13-1-6-17(14-2-3-14)18(23)9-13/h1,6-9,14-16H,2-5,10-12H2. The molecule has 2 unspecified atom stereocenters. The van der Waals surface area contributed by atoms with E-state index in [1.807, 2.05) is 23.1 Å². The zero-order valence-electron chi connectivity index (χ0n) is 15.5. The lowest BCUT2D eigenvalue weighted by Gasteiger charge is -2.41. The first-order valence-electron chi connectivity index (χ1n) is 9.92. The number of carbonyl (C=O) groups excluding carboxylic acids is 1. The van der Waals surface area contributed by atoms with Crippen molar-refractivity contribution in [2.75, 3.05) is 18.0 Å². The van der Waals surface area contributed by atoms with Gasteiger partial charge in [-0.15, -0.1) is 10.2 Å². The molecule has 7 heteroatoms. The molecule has 1 saturated carbocycles. The minimum atomic E-state index is -0.165. The number of aromatic nitrogens is 2. The smallest absolute Gasteiger partial charge is 0.227 e. The van der Waals surface area contributed by atoms with Gasteiger partial charge in [0.1, 0.15) is 5.82 Å². The first-order valence-corrected chi connectivity index (χ1v) is 10.3. The van der Waals surface area contributed by atoms with Crippen molar-refractivity contribution in [3.63, 3.8) is 0 Å². The summed E-state index contributed by atoms with van der Waals surface area (Å²) in [6, 6.07) is 9.27. The van der Waals surface area contributed by atoms with Crippen molar-refractivity contribution in [1.82, 2.24) is 15.1 Å². The lowest BCUT2D eigenvalue weighted by Crippen LogP contribution is -2.56. The van der Waals surface area contributed by atoms with E-state index >= 15 is 0 Å². The van der Waals surface area contributed by atoms with Gasteiger partial charge < -0.3 is 9.80 Å². The fourth-order valence-corrected chi connectivity index (χ4v) is 4.75. The number of halogens is 2. The Hall–Kier alpha value is -2.21. The molecule has 0 spiro atoms. The van der Waals surface area contributed by atoms with Crippen LogP contribution in [0.4, 0.5) is 10.2 Å². The molecule has 2 saturated heterocycles. The SMILES string of the molecule is O=C(Cc1ccc(C2CC2)c(F)c1)N1C2CCC1CN(c1ccc(Cl)nn1)C2. The van der Waals surface area contributed by atoms with Crippen molar-refractivity contribution >= 4 is 23.3 Å². The molecule has 1 aromatic heterocycles. The molecule has 28 heavy (non-hydrogen) atoms. The highest BCUT2D eigenvalue weighted by atomic mass is 35.5. The predicted octanol–water partition coefficient (Wildman–Crippen LogP) is 3.57. The second kappa shape index (κ2) is 6.99. The summed E-state index contributed by atoms with van der Waals surface area (Å²) in [5, 5.41) is 8.47. The highest BCUT2D eigenvalue weighted by Crippen LogP contribution is 2.41. The molecule has 3 fully saturated rings. The second-order valence-corrected chi connectivity index (χ2v) is 8.50. The van der Waals surface area contributed by atoms with Crippen molar-refractivity contribution in [1.29, 1.82) is 0 Å². The number of amides is 1. The molecule has 5 rings (SSSR count). The number of benzene rings is 1.